The van der Waals surface area contributed by atoms with Gasteiger partial charge in [-0.3, -0.25) is 9.59 Å². The smallest absolute Gasteiger partial charge is 0.272 e. The number of ether oxygens (including phenoxy) is 2. The van der Waals surface area contributed by atoms with Crippen LogP contribution in [0.2, 0.25) is 0 Å². The Hall–Kier alpha value is -3.33. The highest BCUT2D eigenvalue weighted by molar-refractivity contribution is 14.1. The molecule has 3 aromatic carbocycles. The second-order valence-electron chi connectivity index (χ2n) is 6.45. The molecule has 0 heterocycles. The summed E-state index contributed by atoms with van der Waals surface area (Å²) in [4.78, 5) is 25.7. The highest BCUT2D eigenvalue weighted by atomic mass is 127. The summed E-state index contributed by atoms with van der Waals surface area (Å²) < 4.78 is 11.6. The van der Waals surface area contributed by atoms with E-state index in [1.165, 1.54) is 7.11 Å². The Morgan fingerprint density at radius 2 is 1.55 bits per heavy atom. The van der Waals surface area contributed by atoms with Crippen LogP contribution in [-0.2, 0) is 4.79 Å². The van der Waals surface area contributed by atoms with Crippen LogP contribution in [-0.4, -0.2) is 26.0 Å². The van der Waals surface area contributed by atoms with Crippen LogP contribution >= 0.6 is 22.6 Å². The SMILES string of the molecule is COc1ccc(C=C(NC(=O)c2ccccc2)C(=O)Nc2ccc(I)cc2)cc1OC. The van der Waals surface area contributed by atoms with E-state index < -0.39 is 5.91 Å². The molecule has 0 aliphatic carbocycles. The van der Waals surface area contributed by atoms with E-state index in [-0.39, 0.29) is 11.6 Å². The monoisotopic (exact) mass is 528 g/mol. The van der Waals surface area contributed by atoms with Crippen molar-refractivity contribution < 1.29 is 19.1 Å². The number of methoxy groups -OCH3 is 2. The molecule has 0 fully saturated rings. The Balaban J connectivity index is 1.92. The van der Waals surface area contributed by atoms with Gasteiger partial charge < -0.3 is 20.1 Å². The number of benzene rings is 3. The van der Waals surface area contributed by atoms with Crippen LogP contribution in [0.15, 0.2) is 78.5 Å². The first kappa shape index (κ1) is 22.4. The first-order chi connectivity index (χ1) is 15.0. The van der Waals surface area contributed by atoms with E-state index in [0.717, 1.165) is 3.57 Å². The standard InChI is InChI=1S/C24H21IN2O4/c1-30-21-13-8-16(15-22(21)31-2)14-20(27-23(28)17-6-4-3-5-7-17)24(29)26-19-11-9-18(25)10-12-19/h3-15H,1-2H3,(H,26,29)(H,27,28). The molecule has 0 bridgehead atoms. The molecule has 0 unspecified atom stereocenters. The molecule has 31 heavy (non-hydrogen) atoms. The van der Waals surface area contributed by atoms with Crippen LogP contribution in [0.5, 0.6) is 11.5 Å². The molecule has 2 amide bonds. The van der Waals surface area contributed by atoms with Crippen LogP contribution in [0, 0.1) is 3.57 Å². The molecule has 3 rings (SSSR count). The number of anilines is 1. The Morgan fingerprint density at radius 1 is 0.871 bits per heavy atom. The van der Waals surface area contributed by atoms with Gasteiger partial charge in [-0.15, -0.1) is 0 Å². The number of hydrogen-bond donors (Lipinski definition) is 2. The van der Waals surface area contributed by atoms with E-state index in [4.69, 9.17) is 9.47 Å². The van der Waals surface area contributed by atoms with Crippen molar-refractivity contribution >= 4 is 46.2 Å². The molecule has 3 aromatic rings. The number of amides is 2. The maximum Gasteiger partial charge on any atom is 0.272 e. The number of hydrogen-bond acceptors (Lipinski definition) is 4. The van der Waals surface area contributed by atoms with Crippen molar-refractivity contribution in [3.05, 3.63) is 93.2 Å². The third-order valence-corrected chi connectivity index (χ3v) is 5.07. The lowest BCUT2D eigenvalue weighted by Gasteiger charge is -2.12. The summed E-state index contributed by atoms with van der Waals surface area (Å²) in [5.74, 6) is 0.256. The molecule has 0 aliphatic heterocycles. The Labute approximate surface area is 194 Å². The normalized spacial score (nSPS) is 10.9. The summed E-state index contributed by atoms with van der Waals surface area (Å²) in [5.41, 5.74) is 1.83. The molecule has 0 atom stereocenters. The maximum absolute atomic E-state index is 13.0. The average molecular weight is 528 g/mol. The molecular formula is C24H21IN2O4. The van der Waals surface area contributed by atoms with E-state index in [0.29, 0.717) is 28.3 Å². The highest BCUT2D eigenvalue weighted by Crippen LogP contribution is 2.28. The zero-order valence-corrected chi connectivity index (χ0v) is 19.2. The van der Waals surface area contributed by atoms with Gasteiger partial charge in [-0.05, 0) is 82.8 Å². The van der Waals surface area contributed by atoms with E-state index in [9.17, 15) is 9.59 Å². The molecule has 0 aromatic heterocycles. The zero-order chi connectivity index (χ0) is 22.2. The third-order valence-electron chi connectivity index (χ3n) is 4.35. The molecule has 0 spiro atoms. The van der Waals surface area contributed by atoms with E-state index in [1.807, 2.05) is 18.2 Å². The van der Waals surface area contributed by atoms with Crippen LogP contribution in [0.3, 0.4) is 0 Å². The van der Waals surface area contributed by atoms with Gasteiger partial charge in [0.15, 0.2) is 11.5 Å². The largest absolute Gasteiger partial charge is 0.493 e. The predicted octanol–water partition coefficient (Wildman–Crippen LogP) is 4.72. The van der Waals surface area contributed by atoms with E-state index in [1.54, 1.807) is 67.8 Å². The Bertz CT molecular complexity index is 1100. The van der Waals surface area contributed by atoms with E-state index in [2.05, 4.69) is 33.2 Å². The molecule has 7 heteroatoms. The van der Waals surface area contributed by atoms with Gasteiger partial charge in [0.05, 0.1) is 14.2 Å². The van der Waals surface area contributed by atoms with Crippen molar-refractivity contribution in [1.82, 2.24) is 5.32 Å². The number of carbonyl (C=O) groups excluding carboxylic acids is 2. The molecule has 0 saturated carbocycles. The summed E-state index contributed by atoms with van der Waals surface area (Å²) in [6.07, 6.45) is 1.59. The van der Waals surface area contributed by atoms with Gasteiger partial charge in [-0.2, -0.15) is 0 Å². The summed E-state index contributed by atoms with van der Waals surface area (Å²) in [6.45, 7) is 0. The molecule has 0 radical (unpaired) electrons. The third kappa shape index (κ3) is 6.08. The summed E-state index contributed by atoms with van der Waals surface area (Å²) >= 11 is 2.19. The van der Waals surface area contributed by atoms with Gasteiger partial charge in [0, 0.05) is 14.8 Å². The topological polar surface area (TPSA) is 76.7 Å². The fourth-order valence-corrected chi connectivity index (χ4v) is 3.14. The fraction of sp³-hybridized carbons (Fsp3) is 0.0833. The van der Waals surface area contributed by atoms with Gasteiger partial charge in [-0.25, -0.2) is 0 Å². The number of halogens is 1. The molecule has 0 aliphatic rings. The summed E-state index contributed by atoms with van der Waals surface area (Å²) in [7, 11) is 3.08. The fourth-order valence-electron chi connectivity index (χ4n) is 2.78. The molecule has 2 N–H and O–H groups in total. The van der Waals surface area contributed by atoms with Crippen LogP contribution in [0.1, 0.15) is 15.9 Å². The minimum atomic E-state index is -0.444. The summed E-state index contributed by atoms with van der Waals surface area (Å²) in [5, 5.41) is 5.53. The number of nitrogens with one attached hydrogen (secondary N) is 2. The lowest BCUT2D eigenvalue weighted by molar-refractivity contribution is -0.113. The minimum Gasteiger partial charge on any atom is -0.493 e. The number of carbonyl (C=O) groups is 2. The lowest BCUT2D eigenvalue weighted by Crippen LogP contribution is -2.30. The minimum absolute atomic E-state index is 0.0969. The second kappa shape index (κ2) is 10.6. The first-order valence-corrected chi connectivity index (χ1v) is 10.4. The number of rotatable bonds is 7. The molecular weight excluding hydrogens is 507 g/mol. The van der Waals surface area contributed by atoms with Crippen molar-refractivity contribution in [3.63, 3.8) is 0 Å². The Morgan fingerprint density at radius 3 is 2.19 bits per heavy atom. The van der Waals surface area contributed by atoms with Crippen molar-refractivity contribution in [2.75, 3.05) is 19.5 Å². The quantitative estimate of drug-likeness (QED) is 0.344. The van der Waals surface area contributed by atoms with Gasteiger partial charge in [0.25, 0.3) is 11.8 Å². The molecule has 0 saturated heterocycles. The first-order valence-electron chi connectivity index (χ1n) is 9.37. The maximum atomic E-state index is 13.0. The predicted molar refractivity (Wildman–Crippen MR) is 129 cm³/mol. The van der Waals surface area contributed by atoms with Gasteiger partial charge >= 0.3 is 0 Å². The van der Waals surface area contributed by atoms with Crippen molar-refractivity contribution in [3.8, 4) is 11.5 Å². The van der Waals surface area contributed by atoms with Gasteiger partial charge in [0.2, 0.25) is 0 Å². The van der Waals surface area contributed by atoms with Gasteiger partial charge in [0.1, 0.15) is 5.70 Å². The molecule has 6 nitrogen and oxygen atoms in total. The van der Waals surface area contributed by atoms with Crippen LogP contribution in [0.4, 0.5) is 5.69 Å². The lowest BCUT2D eigenvalue weighted by atomic mass is 10.1. The second-order valence-corrected chi connectivity index (χ2v) is 7.70. The van der Waals surface area contributed by atoms with Crippen molar-refractivity contribution in [1.29, 1.82) is 0 Å². The van der Waals surface area contributed by atoms with Crippen molar-refractivity contribution in [2.45, 2.75) is 0 Å². The highest BCUT2D eigenvalue weighted by Gasteiger charge is 2.15. The van der Waals surface area contributed by atoms with Gasteiger partial charge in [-0.1, -0.05) is 24.3 Å². The average Bonchev–Trinajstić information content (AvgIpc) is 2.80. The zero-order valence-electron chi connectivity index (χ0n) is 17.0. The van der Waals surface area contributed by atoms with Crippen LogP contribution < -0.4 is 20.1 Å². The van der Waals surface area contributed by atoms with Crippen LogP contribution in [0.25, 0.3) is 6.08 Å². The van der Waals surface area contributed by atoms with Crippen molar-refractivity contribution in [2.24, 2.45) is 0 Å². The molecule has 158 valence electrons. The van der Waals surface area contributed by atoms with E-state index >= 15 is 0 Å². The Kier molecular flexibility index (Phi) is 7.66. The summed E-state index contributed by atoms with van der Waals surface area (Å²) in [6, 6.07) is 21.3.